The highest BCUT2D eigenvalue weighted by molar-refractivity contribution is 6.30. The lowest BCUT2D eigenvalue weighted by molar-refractivity contribution is 0.188. The molecular weight excluding hydrogens is 408 g/mol. The first-order chi connectivity index (χ1) is 15.3. The minimum Gasteiger partial charge on any atom is -0.419 e. The predicted octanol–water partition coefficient (Wildman–Crippen LogP) is 5.30. The molecule has 0 saturated carbocycles. The van der Waals surface area contributed by atoms with Crippen molar-refractivity contribution in [2.24, 2.45) is 0 Å². The highest BCUT2D eigenvalue weighted by atomic mass is 35.5. The summed E-state index contributed by atoms with van der Waals surface area (Å²) in [5.41, 5.74) is 3.28. The Labute approximate surface area is 186 Å². The molecule has 0 radical (unpaired) electrons. The first-order valence-electron chi connectivity index (χ1n) is 10.5. The van der Waals surface area contributed by atoms with E-state index in [1.54, 1.807) is 0 Å². The van der Waals surface area contributed by atoms with Gasteiger partial charge in [0.15, 0.2) is 0 Å². The molecule has 156 valence electrons. The Morgan fingerprint density at radius 2 is 1.39 bits per heavy atom. The highest BCUT2D eigenvalue weighted by Gasteiger charge is 2.30. The second-order valence-electron chi connectivity index (χ2n) is 7.62. The third-order valence-electron chi connectivity index (χ3n) is 5.68. The van der Waals surface area contributed by atoms with Gasteiger partial charge in [-0.05, 0) is 42.0 Å². The average Bonchev–Trinajstić information content (AvgIpc) is 3.32. The van der Waals surface area contributed by atoms with E-state index in [-0.39, 0.29) is 6.04 Å². The number of aromatic nitrogens is 2. The first kappa shape index (κ1) is 19.8. The van der Waals surface area contributed by atoms with Crippen LogP contribution in [0.2, 0.25) is 5.02 Å². The molecule has 0 spiro atoms. The van der Waals surface area contributed by atoms with E-state index in [0.717, 1.165) is 37.3 Å². The fourth-order valence-corrected chi connectivity index (χ4v) is 4.20. The van der Waals surface area contributed by atoms with Gasteiger partial charge in [0.05, 0.1) is 0 Å². The standard InChI is InChI=1S/C25H23ClN4O/c26-21-13-11-19(12-14-21)23(25-28-27-24(31-25)20-7-3-1-4-8-20)30-17-15-29(16-18-30)22-9-5-2-6-10-22/h1-14,23H,15-18H2. The van der Waals surface area contributed by atoms with Crippen molar-refractivity contribution in [3.8, 4) is 11.5 Å². The summed E-state index contributed by atoms with van der Waals surface area (Å²) in [6.07, 6.45) is 0. The van der Waals surface area contributed by atoms with E-state index in [0.29, 0.717) is 16.8 Å². The maximum Gasteiger partial charge on any atom is 0.247 e. The van der Waals surface area contributed by atoms with E-state index >= 15 is 0 Å². The average molecular weight is 431 g/mol. The van der Waals surface area contributed by atoms with Crippen LogP contribution < -0.4 is 4.90 Å². The van der Waals surface area contributed by atoms with Gasteiger partial charge in [-0.1, -0.05) is 60.1 Å². The molecule has 31 heavy (non-hydrogen) atoms. The minimum absolute atomic E-state index is 0.111. The summed E-state index contributed by atoms with van der Waals surface area (Å²) in [6.45, 7) is 3.66. The van der Waals surface area contributed by atoms with Crippen LogP contribution >= 0.6 is 11.6 Å². The number of para-hydroxylation sites is 1. The van der Waals surface area contributed by atoms with E-state index in [9.17, 15) is 0 Å². The maximum atomic E-state index is 6.17. The van der Waals surface area contributed by atoms with Crippen molar-refractivity contribution in [3.05, 3.63) is 101 Å². The molecule has 2 heterocycles. The highest BCUT2D eigenvalue weighted by Crippen LogP contribution is 2.32. The van der Waals surface area contributed by atoms with Gasteiger partial charge < -0.3 is 9.32 Å². The lowest BCUT2D eigenvalue weighted by atomic mass is 10.0. The largest absolute Gasteiger partial charge is 0.419 e. The van der Waals surface area contributed by atoms with Crippen LogP contribution in [0.5, 0.6) is 0 Å². The molecule has 0 bridgehead atoms. The molecule has 1 saturated heterocycles. The third-order valence-corrected chi connectivity index (χ3v) is 5.93. The fourth-order valence-electron chi connectivity index (χ4n) is 4.07. The van der Waals surface area contributed by atoms with Gasteiger partial charge in [0.1, 0.15) is 6.04 Å². The van der Waals surface area contributed by atoms with Crippen LogP contribution in [0, 0.1) is 0 Å². The van der Waals surface area contributed by atoms with Gasteiger partial charge in [-0.25, -0.2) is 0 Å². The van der Waals surface area contributed by atoms with Gasteiger partial charge in [0.25, 0.3) is 0 Å². The van der Waals surface area contributed by atoms with E-state index in [1.165, 1.54) is 5.69 Å². The Hall–Kier alpha value is -3.15. The molecule has 0 N–H and O–H groups in total. The zero-order chi connectivity index (χ0) is 21.0. The van der Waals surface area contributed by atoms with Crippen LogP contribution in [0.1, 0.15) is 17.5 Å². The Morgan fingerprint density at radius 3 is 2.06 bits per heavy atom. The number of rotatable bonds is 5. The van der Waals surface area contributed by atoms with Crippen LogP contribution in [-0.2, 0) is 0 Å². The molecule has 0 aliphatic carbocycles. The molecule has 3 aromatic carbocycles. The Balaban J connectivity index is 1.42. The predicted molar refractivity (Wildman–Crippen MR) is 123 cm³/mol. The molecule has 1 aliphatic rings. The summed E-state index contributed by atoms with van der Waals surface area (Å²) < 4.78 is 6.17. The van der Waals surface area contributed by atoms with Gasteiger partial charge >= 0.3 is 0 Å². The van der Waals surface area contributed by atoms with Gasteiger partial charge in [-0.15, -0.1) is 10.2 Å². The Kier molecular flexibility index (Phi) is 5.69. The molecule has 1 atom stereocenters. The topological polar surface area (TPSA) is 45.4 Å². The molecule has 6 heteroatoms. The number of hydrogen-bond donors (Lipinski definition) is 0. The number of hydrogen-bond acceptors (Lipinski definition) is 5. The molecular formula is C25H23ClN4O. The van der Waals surface area contributed by atoms with Crippen molar-refractivity contribution in [1.29, 1.82) is 0 Å². The van der Waals surface area contributed by atoms with Crippen molar-refractivity contribution in [2.75, 3.05) is 31.1 Å². The summed E-state index contributed by atoms with van der Waals surface area (Å²) in [7, 11) is 0. The molecule has 5 rings (SSSR count). The van der Waals surface area contributed by atoms with E-state index < -0.39 is 0 Å². The summed E-state index contributed by atoms with van der Waals surface area (Å²) in [6, 6.07) is 28.2. The Morgan fingerprint density at radius 1 is 0.742 bits per heavy atom. The van der Waals surface area contributed by atoms with Gasteiger partial charge in [0, 0.05) is 42.5 Å². The second kappa shape index (κ2) is 8.92. The molecule has 4 aromatic rings. The lowest BCUT2D eigenvalue weighted by Crippen LogP contribution is -2.48. The summed E-state index contributed by atoms with van der Waals surface area (Å²) in [4.78, 5) is 4.82. The van der Waals surface area contributed by atoms with Gasteiger partial charge in [0.2, 0.25) is 11.8 Å². The zero-order valence-corrected chi connectivity index (χ0v) is 17.8. The van der Waals surface area contributed by atoms with Gasteiger partial charge in [-0.3, -0.25) is 4.90 Å². The van der Waals surface area contributed by atoms with E-state index in [1.807, 2.05) is 54.6 Å². The van der Waals surface area contributed by atoms with Crippen molar-refractivity contribution >= 4 is 17.3 Å². The summed E-state index contributed by atoms with van der Waals surface area (Å²) in [5.74, 6) is 1.15. The van der Waals surface area contributed by atoms with Crippen molar-refractivity contribution in [2.45, 2.75) is 6.04 Å². The number of benzene rings is 3. The second-order valence-corrected chi connectivity index (χ2v) is 8.06. The third kappa shape index (κ3) is 4.33. The fraction of sp³-hybridized carbons (Fsp3) is 0.200. The van der Waals surface area contributed by atoms with Gasteiger partial charge in [-0.2, -0.15) is 0 Å². The van der Waals surface area contributed by atoms with Crippen molar-refractivity contribution < 1.29 is 4.42 Å². The SMILES string of the molecule is Clc1ccc(C(c2nnc(-c3ccccc3)o2)N2CCN(c3ccccc3)CC2)cc1. The zero-order valence-electron chi connectivity index (χ0n) is 17.1. The molecule has 1 fully saturated rings. The smallest absolute Gasteiger partial charge is 0.247 e. The van der Waals surface area contributed by atoms with E-state index in [2.05, 4.69) is 50.3 Å². The normalized spacial score (nSPS) is 15.7. The van der Waals surface area contributed by atoms with Crippen LogP contribution in [0.25, 0.3) is 11.5 Å². The lowest BCUT2D eigenvalue weighted by Gasteiger charge is -2.39. The quantitative estimate of drug-likeness (QED) is 0.429. The van der Waals surface area contributed by atoms with Crippen molar-refractivity contribution in [1.82, 2.24) is 15.1 Å². The molecule has 1 aromatic heterocycles. The van der Waals surface area contributed by atoms with Crippen molar-refractivity contribution in [3.63, 3.8) is 0 Å². The van der Waals surface area contributed by atoms with Crippen LogP contribution in [-0.4, -0.2) is 41.3 Å². The molecule has 0 amide bonds. The number of nitrogens with zero attached hydrogens (tertiary/aromatic N) is 4. The molecule has 1 aliphatic heterocycles. The number of anilines is 1. The number of halogens is 1. The Bertz CT molecular complexity index is 1110. The van der Waals surface area contributed by atoms with E-state index in [4.69, 9.17) is 16.0 Å². The van der Waals surface area contributed by atoms with Crippen LogP contribution in [0.15, 0.2) is 89.3 Å². The summed E-state index contributed by atoms with van der Waals surface area (Å²) >= 11 is 6.15. The molecule has 5 nitrogen and oxygen atoms in total. The first-order valence-corrected chi connectivity index (χ1v) is 10.8. The van der Waals surface area contributed by atoms with Crippen LogP contribution in [0.4, 0.5) is 5.69 Å². The summed E-state index contributed by atoms with van der Waals surface area (Å²) in [5, 5.41) is 9.48. The minimum atomic E-state index is -0.111. The maximum absolute atomic E-state index is 6.17. The van der Waals surface area contributed by atoms with Crippen LogP contribution in [0.3, 0.4) is 0 Å². The monoisotopic (exact) mass is 430 g/mol. The number of piperazine rings is 1. The molecule has 1 unspecified atom stereocenters.